The number of hydrogen-bond donors (Lipinski definition) is 2. The molecule has 0 radical (unpaired) electrons. The smallest absolute Gasteiger partial charge is 0.227 e. The van der Waals surface area contributed by atoms with Gasteiger partial charge in [-0.25, -0.2) is 0 Å². The van der Waals surface area contributed by atoms with Crippen LogP contribution in [0.15, 0.2) is 36.7 Å². The van der Waals surface area contributed by atoms with Gasteiger partial charge in [0.05, 0.1) is 6.61 Å². The normalized spacial score (nSPS) is 16.7. The Bertz CT molecular complexity index is 772. The van der Waals surface area contributed by atoms with Crippen molar-refractivity contribution in [3.63, 3.8) is 0 Å². The van der Waals surface area contributed by atoms with Crippen molar-refractivity contribution >= 4 is 17.4 Å². The highest BCUT2D eigenvalue weighted by atomic mass is 16.3. The van der Waals surface area contributed by atoms with Crippen LogP contribution in [-0.4, -0.2) is 21.4 Å². The maximum atomic E-state index is 12.2. The molecule has 25 heavy (non-hydrogen) atoms. The number of rotatable bonds is 7. The van der Waals surface area contributed by atoms with Crippen molar-refractivity contribution in [2.45, 2.75) is 38.7 Å². The van der Waals surface area contributed by atoms with E-state index in [0.717, 1.165) is 48.2 Å². The van der Waals surface area contributed by atoms with Crippen LogP contribution in [0.5, 0.6) is 0 Å². The van der Waals surface area contributed by atoms with Gasteiger partial charge in [0.1, 0.15) is 5.78 Å². The Morgan fingerprint density at radius 2 is 1.84 bits per heavy atom. The second-order valence-electron chi connectivity index (χ2n) is 7.15. The average Bonchev–Trinajstić information content (AvgIpc) is 3.50. The lowest BCUT2D eigenvalue weighted by Crippen LogP contribution is -2.14. The number of aliphatic hydroxyl groups excluding tert-OH is 1. The van der Waals surface area contributed by atoms with Gasteiger partial charge in [-0.2, -0.15) is 0 Å². The van der Waals surface area contributed by atoms with Gasteiger partial charge < -0.3 is 15.0 Å². The molecule has 1 aromatic carbocycles. The number of anilines is 1. The van der Waals surface area contributed by atoms with E-state index in [1.807, 2.05) is 41.2 Å². The van der Waals surface area contributed by atoms with E-state index in [1.54, 1.807) is 0 Å². The minimum Gasteiger partial charge on any atom is -0.392 e. The Morgan fingerprint density at radius 1 is 1.08 bits per heavy atom. The van der Waals surface area contributed by atoms with Crippen LogP contribution in [0.3, 0.4) is 0 Å². The summed E-state index contributed by atoms with van der Waals surface area (Å²) >= 11 is 0. The predicted molar refractivity (Wildman–Crippen MR) is 94.5 cm³/mol. The molecule has 5 nitrogen and oxygen atoms in total. The summed E-state index contributed by atoms with van der Waals surface area (Å²) < 4.78 is 1.91. The summed E-state index contributed by atoms with van der Waals surface area (Å²) in [6.07, 6.45) is 8.04. The minimum atomic E-state index is -0.0157. The topological polar surface area (TPSA) is 71.3 Å². The minimum absolute atomic E-state index is 0.0157. The van der Waals surface area contributed by atoms with Crippen molar-refractivity contribution in [1.29, 1.82) is 0 Å². The molecular weight excluding hydrogens is 316 g/mol. The van der Waals surface area contributed by atoms with Crippen LogP contribution in [0.1, 0.15) is 36.8 Å². The number of Topliss-reactive ketones (excluding diaryl/α,β-unsaturated/α-hetero) is 1. The summed E-state index contributed by atoms with van der Waals surface area (Å²) in [6, 6.07) is 7.64. The molecule has 2 fully saturated rings. The second-order valence-corrected chi connectivity index (χ2v) is 7.15. The molecule has 2 aliphatic rings. The van der Waals surface area contributed by atoms with E-state index >= 15 is 0 Å². The number of nitrogens with zero attached hydrogens (tertiary/aromatic N) is 1. The molecular formula is C20H22N2O3. The summed E-state index contributed by atoms with van der Waals surface area (Å²) in [7, 11) is 0. The van der Waals surface area contributed by atoms with Gasteiger partial charge in [-0.05, 0) is 61.1 Å². The van der Waals surface area contributed by atoms with Crippen LogP contribution in [0, 0.1) is 11.8 Å². The highest BCUT2D eigenvalue weighted by molar-refractivity contribution is 5.94. The number of benzene rings is 1. The Hall–Kier alpha value is -2.40. The maximum absolute atomic E-state index is 12.2. The molecule has 1 heterocycles. The molecule has 1 aromatic heterocycles. The Kier molecular flexibility index (Phi) is 4.17. The third-order valence-electron chi connectivity index (χ3n) is 4.84. The van der Waals surface area contributed by atoms with Crippen molar-refractivity contribution in [3.05, 3.63) is 47.8 Å². The van der Waals surface area contributed by atoms with Gasteiger partial charge in [0.2, 0.25) is 5.91 Å². The number of hydrogen-bond acceptors (Lipinski definition) is 3. The van der Waals surface area contributed by atoms with Crippen LogP contribution in [0.4, 0.5) is 5.69 Å². The highest BCUT2D eigenvalue weighted by Crippen LogP contribution is 2.33. The first-order chi connectivity index (χ1) is 12.1. The fourth-order valence-corrected chi connectivity index (χ4v) is 3.03. The van der Waals surface area contributed by atoms with Crippen molar-refractivity contribution in [1.82, 2.24) is 4.57 Å². The standard InChI is InChI=1S/C20H22N2O3/c23-12-13-5-6-22(11-13)18-8-14(9-19(24)15-1-2-15)7-17(10-18)21-20(25)16-3-4-16/h5-8,10-11,15-16,23H,1-4,9,12H2,(H,21,25). The predicted octanol–water partition coefficient (Wildman–Crippen LogP) is 2.84. The number of ketones is 1. The Balaban J connectivity index is 1.63. The summed E-state index contributed by atoms with van der Waals surface area (Å²) in [5.41, 5.74) is 3.35. The molecule has 0 saturated heterocycles. The van der Waals surface area contributed by atoms with Gasteiger partial charge in [-0.3, -0.25) is 9.59 Å². The average molecular weight is 338 g/mol. The van der Waals surface area contributed by atoms with Crippen LogP contribution < -0.4 is 5.32 Å². The summed E-state index contributed by atoms with van der Waals surface area (Å²) in [6.45, 7) is -0.0157. The largest absolute Gasteiger partial charge is 0.392 e. The van der Waals surface area contributed by atoms with Crippen molar-refractivity contribution in [3.8, 4) is 5.69 Å². The molecule has 0 atom stereocenters. The third kappa shape index (κ3) is 3.82. The zero-order valence-corrected chi connectivity index (χ0v) is 14.1. The molecule has 5 heteroatoms. The number of carbonyl (C=O) groups is 2. The van der Waals surface area contributed by atoms with Crippen LogP contribution >= 0.6 is 0 Å². The van der Waals surface area contributed by atoms with E-state index in [0.29, 0.717) is 6.42 Å². The van der Waals surface area contributed by atoms with E-state index in [4.69, 9.17) is 0 Å². The molecule has 2 aliphatic carbocycles. The molecule has 2 aromatic rings. The lowest BCUT2D eigenvalue weighted by atomic mass is 10.0. The van der Waals surface area contributed by atoms with E-state index in [1.165, 1.54) is 0 Å². The lowest BCUT2D eigenvalue weighted by Gasteiger charge is -2.12. The van der Waals surface area contributed by atoms with E-state index in [9.17, 15) is 14.7 Å². The number of aromatic nitrogens is 1. The number of aliphatic hydroxyl groups is 1. The molecule has 4 rings (SSSR count). The van der Waals surface area contributed by atoms with Crippen molar-refractivity contribution < 1.29 is 14.7 Å². The van der Waals surface area contributed by atoms with Crippen molar-refractivity contribution in [2.75, 3.05) is 5.32 Å². The Labute approximate surface area is 146 Å². The number of amides is 1. The summed E-state index contributed by atoms with van der Waals surface area (Å²) in [4.78, 5) is 24.3. The van der Waals surface area contributed by atoms with Crippen LogP contribution in [0.2, 0.25) is 0 Å². The summed E-state index contributed by atoms with van der Waals surface area (Å²) in [5, 5.41) is 12.2. The van der Waals surface area contributed by atoms with Crippen LogP contribution in [-0.2, 0) is 22.6 Å². The van der Waals surface area contributed by atoms with Crippen LogP contribution in [0.25, 0.3) is 5.69 Å². The molecule has 0 bridgehead atoms. The van der Waals surface area contributed by atoms with Gasteiger partial charge in [0.15, 0.2) is 0 Å². The zero-order valence-electron chi connectivity index (χ0n) is 14.1. The Morgan fingerprint density at radius 3 is 2.48 bits per heavy atom. The SMILES string of the molecule is O=C(Cc1cc(NC(=O)C2CC2)cc(-n2ccc(CO)c2)c1)C1CC1. The fraction of sp³-hybridized carbons (Fsp3) is 0.400. The molecule has 2 N–H and O–H groups in total. The van der Waals surface area contributed by atoms with Gasteiger partial charge in [-0.1, -0.05) is 0 Å². The van der Waals surface area contributed by atoms with E-state index in [2.05, 4.69) is 5.32 Å². The van der Waals surface area contributed by atoms with Gasteiger partial charge in [0, 0.05) is 42.0 Å². The van der Waals surface area contributed by atoms with Gasteiger partial charge >= 0.3 is 0 Å². The molecule has 130 valence electrons. The zero-order chi connectivity index (χ0) is 17.4. The first-order valence-electron chi connectivity index (χ1n) is 8.88. The third-order valence-corrected chi connectivity index (χ3v) is 4.84. The first kappa shape index (κ1) is 16.1. The quantitative estimate of drug-likeness (QED) is 0.815. The van der Waals surface area contributed by atoms with Gasteiger partial charge in [-0.15, -0.1) is 0 Å². The monoisotopic (exact) mass is 338 g/mol. The maximum Gasteiger partial charge on any atom is 0.227 e. The van der Waals surface area contributed by atoms with E-state index in [-0.39, 0.29) is 30.1 Å². The first-order valence-corrected chi connectivity index (χ1v) is 8.88. The lowest BCUT2D eigenvalue weighted by molar-refractivity contribution is -0.119. The highest BCUT2D eigenvalue weighted by Gasteiger charge is 2.30. The number of carbonyl (C=O) groups excluding carboxylic acids is 2. The molecule has 1 amide bonds. The number of nitrogens with one attached hydrogen (secondary N) is 1. The molecule has 0 spiro atoms. The van der Waals surface area contributed by atoms with Crippen molar-refractivity contribution in [2.24, 2.45) is 11.8 Å². The van der Waals surface area contributed by atoms with Gasteiger partial charge in [0.25, 0.3) is 0 Å². The molecule has 2 saturated carbocycles. The second kappa shape index (κ2) is 6.48. The van der Waals surface area contributed by atoms with E-state index < -0.39 is 0 Å². The molecule has 0 aliphatic heterocycles. The fourth-order valence-electron chi connectivity index (χ4n) is 3.03. The molecule has 0 unspecified atom stereocenters. The summed E-state index contributed by atoms with van der Waals surface area (Å²) in [5.74, 6) is 0.689.